The predicted octanol–water partition coefficient (Wildman–Crippen LogP) is 3.82. The standard InChI is InChI=1S/C16H24ClNO/c1-3-10-18-15(16(2)9-4-11-19-16)12-13-5-7-14(17)8-6-13/h5-8,15,18H,3-4,9-12H2,1-2H3. The minimum absolute atomic E-state index is 0.0329. The molecule has 1 aromatic carbocycles. The number of hydrogen-bond acceptors (Lipinski definition) is 2. The third kappa shape index (κ3) is 3.95. The van der Waals surface area contributed by atoms with E-state index in [-0.39, 0.29) is 5.60 Å². The highest BCUT2D eigenvalue weighted by molar-refractivity contribution is 6.30. The van der Waals surface area contributed by atoms with E-state index in [0.29, 0.717) is 6.04 Å². The van der Waals surface area contributed by atoms with Crippen molar-refractivity contribution in [2.24, 2.45) is 0 Å². The molecule has 1 fully saturated rings. The molecule has 0 amide bonds. The van der Waals surface area contributed by atoms with E-state index in [9.17, 15) is 0 Å². The molecule has 1 N–H and O–H groups in total. The summed E-state index contributed by atoms with van der Waals surface area (Å²) < 4.78 is 6.01. The molecule has 19 heavy (non-hydrogen) atoms. The Kier molecular flexibility index (Phi) is 5.26. The Morgan fingerprint density at radius 3 is 2.68 bits per heavy atom. The van der Waals surface area contributed by atoms with Gasteiger partial charge in [-0.3, -0.25) is 0 Å². The Hall–Kier alpha value is -0.570. The van der Waals surface area contributed by atoms with Gasteiger partial charge in [-0.2, -0.15) is 0 Å². The second-order valence-corrected chi connectivity index (χ2v) is 6.04. The van der Waals surface area contributed by atoms with Gasteiger partial charge in [0.15, 0.2) is 0 Å². The van der Waals surface area contributed by atoms with Crippen molar-refractivity contribution in [2.75, 3.05) is 13.2 Å². The van der Waals surface area contributed by atoms with Gasteiger partial charge in [0.25, 0.3) is 0 Å². The molecule has 2 unspecified atom stereocenters. The molecule has 1 aliphatic rings. The van der Waals surface area contributed by atoms with Crippen LogP contribution in [0.5, 0.6) is 0 Å². The lowest BCUT2D eigenvalue weighted by atomic mass is 9.88. The molecule has 0 saturated carbocycles. The van der Waals surface area contributed by atoms with E-state index in [1.165, 1.54) is 12.0 Å². The quantitative estimate of drug-likeness (QED) is 0.856. The van der Waals surface area contributed by atoms with Gasteiger partial charge in [-0.25, -0.2) is 0 Å². The van der Waals surface area contributed by atoms with Crippen LogP contribution in [0.3, 0.4) is 0 Å². The van der Waals surface area contributed by atoms with E-state index < -0.39 is 0 Å². The van der Waals surface area contributed by atoms with Crippen LogP contribution < -0.4 is 5.32 Å². The molecule has 1 aromatic rings. The number of halogens is 1. The van der Waals surface area contributed by atoms with E-state index >= 15 is 0 Å². The van der Waals surface area contributed by atoms with Crippen LogP contribution in [-0.2, 0) is 11.2 Å². The van der Waals surface area contributed by atoms with Crippen molar-refractivity contribution >= 4 is 11.6 Å². The maximum Gasteiger partial charge on any atom is 0.0810 e. The zero-order valence-corrected chi connectivity index (χ0v) is 12.7. The fourth-order valence-electron chi connectivity index (χ4n) is 2.75. The molecule has 3 heteroatoms. The van der Waals surface area contributed by atoms with Crippen LogP contribution in [0, 0.1) is 0 Å². The summed E-state index contributed by atoms with van der Waals surface area (Å²) in [5.41, 5.74) is 1.28. The molecule has 0 aliphatic carbocycles. The van der Waals surface area contributed by atoms with E-state index in [2.05, 4.69) is 31.3 Å². The molecular formula is C16H24ClNO. The smallest absolute Gasteiger partial charge is 0.0810 e. The van der Waals surface area contributed by atoms with E-state index in [4.69, 9.17) is 16.3 Å². The minimum Gasteiger partial charge on any atom is -0.374 e. The van der Waals surface area contributed by atoms with Crippen LogP contribution in [0.1, 0.15) is 38.7 Å². The Morgan fingerprint density at radius 1 is 1.37 bits per heavy atom. The van der Waals surface area contributed by atoms with E-state index in [1.54, 1.807) is 0 Å². The van der Waals surface area contributed by atoms with Crippen molar-refractivity contribution in [1.29, 1.82) is 0 Å². The topological polar surface area (TPSA) is 21.3 Å². The molecule has 0 radical (unpaired) electrons. The predicted molar refractivity (Wildman–Crippen MR) is 80.8 cm³/mol. The maximum atomic E-state index is 6.01. The van der Waals surface area contributed by atoms with Gasteiger partial charge in [-0.1, -0.05) is 30.7 Å². The highest BCUT2D eigenvalue weighted by Gasteiger charge is 2.37. The molecule has 1 saturated heterocycles. The van der Waals surface area contributed by atoms with Crippen molar-refractivity contribution in [2.45, 2.75) is 51.2 Å². The van der Waals surface area contributed by atoms with Crippen LogP contribution in [0.4, 0.5) is 0 Å². The Morgan fingerprint density at radius 2 is 2.11 bits per heavy atom. The number of ether oxygens (including phenoxy) is 1. The van der Waals surface area contributed by atoms with E-state index in [1.807, 2.05) is 12.1 Å². The molecule has 2 nitrogen and oxygen atoms in total. The first-order chi connectivity index (χ1) is 9.14. The molecular weight excluding hydrogens is 258 g/mol. The zero-order chi connectivity index (χ0) is 13.7. The second kappa shape index (κ2) is 6.74. The largest absolute Gasteiger partial charge is 0.374 e. The first kappa shape index (κ1) is 14.8. The van der Waals surface area contributed by atoms with E-state index in [0.717, 1.165) is 37.4 Å². The molecule has 1 aliphatic heterocycles. The van der Waals surface area contributed by atoms with Crippen LogP contribution in [0.2, 0.25) is 5.02 Å². The van der Waals surface area contributed by atoms with Crippen molar-refractivity contribution in [1.82, 2.24) is 5.32 Å². The first-order valence-electron chi connectivity index (χ1n) is 7.26. The Bertz CT molecular complexity index is 384. The molecule has 2 rings (SSSR count). The molecule has 0 spiro atoms. The highest BCUT2D eigenvalue weighted by Crippen LogP contribution is 2.30. The van der Waals surface area contributed by atoms with Crippen LogP contribution in [-0.4, -0.2) is 24.8 Å². The molecule has 0 aromatic heterocycles. The molecule has 106 valence electrons. The second-order valence-electron chi connectivity index (χ2n) is 5.60. The van der Waals surface area contributed by atoms with Gasteiger partial charge >= 0.3 is 0 Å². The van der Waals surface area contributed by atoms with Gasteiger partial charge in [-0.05, 0) is 56.8 Å². The fourth-order valence-corrected chi connectivity index (χ4v) is 2.88. The maximum absolute atomic E-state index is 6.01. The lowest BCUT2D eigenvalue weighted by Gasteiger charge is -2.34. The fraction of sp³-hybridized carbons (Fsp3) is 0.625. The summed E-state index contributed by atoms with van der Waals surface area (Å²) >= 11 is 5.95. The summed E-state index contributed by atoms with van der Waals surface area (Å²) in [6.45, 7) is 6.37. The van der Waals surface area contributed by atoms with Gasteiger partial charge in [0.1, 0.15) is 0 Å². The number of benzene rings is 1. The van der Waals surface area contributed by atoms with Crippen LogP contribution in [0.25, 0.3) is 0 Å². The first-order valence-corrected chi connectivity index (χ1v) is 7.63. The summed E-state index contributed by atoms with van der Waals surface area (Å²) in [7, 11) is 0. The van der Waals surface area contributed by atoms with Crippen molar-refractivity contribution < 1.29 is 4.74 Å². The monoisotopic (exact) mass is 281 g/mol. The molecule has 1 heterocycles. The summed E-state index contributed by atoms with van der Waals surface area (Å²) in [6, 6.07) is 8.52. The average molecular weight is 282 g/mol. The van der Waals surface area contributed by atoms with Crippen molar-refractivity contribution in [3.63, 3.8) is 0 Å². The van der Waals surface area contributed by atoms with Crippen molar-refractivity contribution in [3.05, 3.63) is 34.9 Å². The minimum atomic E-state index is -0.0329. The van der Waals surface area contributed by atoms with Gasteiger partial charge < -0.3 is 10.1 Å². The number of rotatable bonds is 6. The average Bonchev–Trinajstić information content (AvgIpc) is 2.85. The summed E-state index contributed by atoms with van der Waals surface area (Å²) in [4.78, 5) is 0. The number of hydrogen-bond donors (Lipinski definition) is 1. The van der Waals surface area contributed by atoms with Gasteiger partial charge in [0, 0.05) is 17.7 Å². The molecule has 0 bridgehead atoms. The summed E-state index contributed by atoms with van der Waals surface area (Å²) in [5.74, 6) is 0. The number of nitrogens with one attached hydrogen (secondary N) is 1. The van der Waals surface area contributed by atoms with Crippen LogP contribution in [0.15, 0.2) is 24.3 Å². The normalized spacial score (nSPS) is 24.6. The van der Waals surface area contributed by atoms with Gasteiger partial charge in [0.2, 0.25) is 0 Å². The summed E-state index contributed by atoms with van der Waals surface area (Å²) in [5, 5.41) is 4.45. The highest BCUT2D eigenvalue weighted by atomic mass is 35.5. The SMILES string of the molecule is CCCNC(Cc1ccc(Cl)cc1)C1(C)CCCO1. The van der Waals surface area contributed by atoms with Gasteiger partial charge in [0.05, 0.1) is 5.60 Å². The lowest BCUT2D eigenvalue weighted by Crippen LogP contribution is -2.50. The Balaban J connectivity index is 2.06. The third-order valence-corrected chi connectivity index (χ3v) is 4.23. The summed E-state index contributed by atoms with van der Waals surface area (Å²) in [6.07, 6.45) is 4.45. The zero-order valence-electron chi connectivity index (χ0n) is 11.9. The molecule has 2 atom stereocenters. The Labute approximate surface area is 121 Å². The van der Waals surface area contributed by atoms with Crippen LogP contribution >= 0.6 is 11.6 Å². The third-order valence-electron chi connectivity index (χ3n) is 3.98. The van der Waals surface area contributed by atoms with Gasteiger partial charge in [-0.15, -0.1) is 0 Å². The lowest BCUT2D eigenvalue weighted by molar-refractivity contribution is -0.0114. The van der Waals surface area contributed by atoms with Crippen molar-refractivity contribution in [3.8, 4) is 0 Å².